The molecule has 0 amide bonds. The van der Waals surface area contributed by atoms with Gasteiger partial charge in [0.1, 0.15) is 0 Å². The van der Waals surface area contributed by atoms with E-state index in [9.17, 15) is 28.8 Å². The molecule has 2 aromatic rings. The highest BCUT2D eigenvalue weighted by molar-refractivity contribution is 6.14. The van der Waals surface area contributed by atoms with Gasteiger partial charge in [-0.3, -0.25) is 0 Å². The van der Waals surface area contributed by atoms with Gasteiger partial charge in [0, 0.05) is 17.6 Å². The summed E-state index contributed by atoms with van der Waals surface area (Å²) in [6.45, 7) is 2.74. The molecule has 2 heterocycles. The minimum atomic E-state index is -1.13. The van der Waals surface area contributed by atoms with Gasteiger partial charge in [-0.15, -0.1) is 0 Å². The van der Waals surface area contributed by atoms with Crippen molar-refractivity contribution in [1.29, 1.82) is 0 Å². The standard InChI is InChI=1S/C8H6O4.C8H4O3.C6H14O3.C4H2O3.C3H8O2/c9-7(10)5-2-1-3-6(4-5)8(11)12;9-7-5-3-1-2-4-6(5)8(10)11-7;1-2-6(3-7,4-8)5-9;5-3-1-2-4(6)7-3;1-3(5)2-4/h1-4H,(H,9,10)(H,11,12);1-4H;7-9H,2-5H2,1H3;1-2H;3-5H,2H2,1H3. The van der Waals surface area contributed by atoms with Crippen LogP contribution in [0.25, 0.3) is 0 Å². The number of carboxylic acid groups (broad SMARTS) is 2. The van der Waals surface area contributed by atoms with Crippen LogP contribution in [0.4, 0.5) is 0 Å². The number of benzene rings is 2. The Morgan fingerprint density at radius 2 is 1.11 bits per heavy atom. The lowest BCUT2D eigenvalue weighted by Gasteiger charge is -2.24. The van der Waals surface area contributed by atoms with E-state index in [1.165, 1.54) is 25.1 Å². The van der Waals surface area contributed by atoms with E-state index >= 15 is 0 Å². The number of aliphatic hydroxyl groups is 5. The minimum absolute atomic E-state index is 0.0186. The maximum Gasteiger partial charge on any atom is 0.346 e. The topological polar surface area (TPSA) is 262 Å². The molecule has 2 aromatic carbocycles. The van der Waals surface area contributed by atoms with Crippen molar-refractivity contribution in [3.05, 3.63) is 82.9 Å². The highest BCUT2D eigenvalue weighted by atomic mass is 16.6. The highest BCUT2D eigenvalue weighted by Gasteiger charge is 2.28. The van der Waals surface area contributed by atoms with Crippen molar-refractivity contribution < 1.29 is 74.0 Å². The Kier molecular flexibility index (Phi) is 18.0. The summed E-state index contributed by atoms with van der Waals surface area (Å²) in [6.07, 6.45) is 2.20. The van der Waals surface area contributed by atoms with Gasteiger partial charge in [-0.25, -0.2) is 28.8 Å². The minimum Gasteiger partial charge on any atom is -0.478 e. The van der Waals surface area contributed by atoms with Crippen LogP contribution in [-0.4, -0.2) is 104 Å². The zero-order valence-electron chi connectivity index (χ0n) is 23.8. The molecule has 0 aliphatic carbocycles. The van der Waals surface area contributed by atoms with Crippen molar-refractivity contribution in [1.82, 2.24) is 0 Å². The monoisotopic (exact) mass is 622 g/mol. The molecule has 4 rings (SSSR count). The number of rotatable bonds is 7. The van der Waals surface area contributed by atoms with Gasteiger partial charge in [0.2, 0.25) is 0 Å². The van der Waals surface area contributed by atoms with Gasteiger partial charge in [0.25, 0.3) is 0 Å². The van der Waals surface area contributed by atoms with Crippen molar-refractivity contribution in [2.75, 3.05) is 26.4 Å². The molecule has 0 fully saturated rings. The highest BCUT2D eigenvalue weighted by Crippen LogP contribution is 2.19. The molecule has 0 saturated heterocycles. The summed E-state index contributed by atoms with van der Waals surface area (Å²) in [5, 5.41) is 59.0. The van der Waals surface area contributed by atoms with Crippen LogP contribution in [0.15, 0.2) is 60.7 Å². The SMILES string of the molecule is CC(O)CO.CCC(CO)(CO)CO.O=C(O)c1cccc(C(=O)O)c1.O=C1C=CC(=O)O1.O=C1OC(=O)c2ccccc21. The molecule has 2 aliphatic rings. The third-order valence-corrected chi connectivity index (χ3v) is 5.49. The average Bonchev–Trinajstić information content (AvgIpc) is 3.55. The zero-order chi connectivity index (χ0) is 33.9. The quantitative estimate of drug-likeness (QED) is 0.163. The molecule has 2 aliphatic heterocycles. The number of carbonyl (C=O) groups is 6. The Hall–Kier alpha value is -4.80. The van der Waals surface area contributed by atoms with E-state index in [0.717, 1.165) is 18.2 Å². The maximum atomic E-state index is 10.8. The largest absolute Gasteiger partial charge is 0.478 e. The van der Waals surface area contributed by atoms with E-state index in [2.05, 4.69) is 9.47 Å². The van der Waals surface area contributed by atoms with E-state index in [1.54, 1.807) is 24.3 Å². The normalized spacial score (nSPS) is 13.2. The van der Waals surface area contributed by atoms with Crippen molar-refractivity contribution in [2.24, 2.45) is 5.41 Å². The zero-order valence-corrected chi connectivity index (χ0v) is 23.8. The molecule has 0 spiro atoms. The van der Waals surface area contributed by atoms with Crippen LogP contribution in [0.3, 0.4) is 0 Å². The summed E-state index contributed by atoms with van der Waals surface area (Å²) in [4.78, 5) is 62.3. The number of aromatic carboxylic acids is 2. The van der Waals surface area contributed by atoms with E-state index in [1.807, 2.05) is 6.92 Å². The fourth-order valence-corrected chi connectivity index (χ4v) is 2.61. The number of fused-ring (bicyclic) bond motifs is 1. The van der Waals surface area contributed by atoms with Crippen molar-refractivity contribution in [3.8, 4) is 0 Å². The molecule has 0 aromatic heterocycles. The predicted molar refractivity (Wildman–Crippen MR) is 150 cm³/mol. The molecule has 1 unspecified atom stereocenters. The van der Waals surface area contributed by atoms with Gasteiger partial charge in [-0.2, -0.15) is 0 Å². The first-order chi connectivity index (χ1) is 20.7. The van der Waals surface area contributed by atoms with Gasteiger partial charge >= 0.3 is 35.8 Å². The summed E-state index contributed by atoms with van der Waals surface area (Å²) in [5.74, 6) is -4.51. The van der Waals surface area contributed by atoms with Crippen LogP contribution in [0.2, 0.25) is 0 Å². The molecular formula is C29H34O15. The Balaban J connectivity index is 0.000000541. The number of cyclic esters (lactones) is 4. The van der Waals surface area contributed by atoms with Crippen LogP contribution >= 0.6 is 0 Å². The molecule has 44 heavy (non-hydrogen) atoms. The van der Waals surface area contributed by atoms with Gasteiger partial charge in [-0.05, 0) is 43.7 Å². The lowest BCUT2D eigenvalue weighted by atomic mass is 9.88. The fourth-order valence-electron chi connectivity index (χ4n) is 2.61. The maximum absolute atomic E-state index is 10.8. The molecule has 1 atom stereocenters. The molecule has 240 valence electrons. The number of esters is 4. The number of aliphatic hydroxyl groups excluding tert-OH is 5. The van der Waals surface area contributed by atoms with Gasteiger partial charge in [0.15, 0.2) is 0 Å². The number of hydrogen-bond donors (Lipinski definition) is 7. The van der Waals surface area contributed by atoms with Gasteiger partial charge in [0.05, 0.1) is 54.8 Å². The van der Waals surface area contributed by atoms with Crippen molar-refractivity contribution in [3.63, 3.8) is 0 Å². The van der Waals surface area contributed by atoms with Crippen LogP contribution < -0.4 is 0 Å². The summed E-state index contributed by atoms with van der Waals surface area (Å²) in [7, 11) is 0. The summed E-state index contributed by atoms with van der Waals surface area (Å²) in [5.41, 5.74) is 0.0137. The predicted octanol–water partition coefficient (Wildman–Crippen LogP) is 0.425. The molecule has 0 radical (unpaired) electrons. The first-order valence-electron chi connectivity index (χ1n) is 12.7. The van der Waals surface area contributed by atoms with E-state index < -0.39 is 47.3 Å². The average molecular weight is 623 g/mol. The molecule has 0 bridgehead atoms. The van der Waals surface area contributed by atoms with Gasteiger partial charge in [-0.1, -0.05) is 25.1 Å². The Labute approximate surface area is 251 Å². The third kappa shape index (κ3) is 13.9. The molecule has 15 nitrogen and oxygen atoms in total. The number of carbonyl (C=O) groups excluding carboxylic acids is 4. The van der Waals surface area contributed by atoms with Crippen LogP contribution in [0, 0.1) is 5.41 Å². The number of hydrogen-bond acceptors (Lipinski definition) is 13. The van der Waals surface area contributed by atoms with Crippen LogP contribution in [0.1, 0.15) is 61.7 Å². The first kappa shape index (κ1) is 39.2. The summed E-state index contributed by atoms with van der Waals surface area (Å²) < 4.78 is 8.33. The number of carboxylic acids is 2. The lowest BCUT2D eigenvalue weighted by Crippen LogP contribution is -2.32. The fraction of sp³-hybridized carbons (Fsp3) is 0.310. The van der Waals surface area contributed by atoms with E-state index in [0.29, 0.717) is 17.5 Å². The first-order valence-corrected chi connectivity index (χ1v) is 12.7. The molecule has 7 N–H and O–H groups in total. The van der Waals surface area contributed by atoms with Crippen molar-refractivity contribution >= 4 is 35.8 Å². The molecule has 0 saturated carbocycles. The second-order valence-electron chi connectivity index (χ2n) is 8.85. The van der Waals surface area contributed by atoms with Crippen LogP contribution in [-0.2, 0) is 19.1 Å². The molecular weight excluding hydrogens is 588 g/mol. The summed E-state index contributed by atoms with van der Waals surface area (Å²) in [6, 6.07) is 11.7. The lowest BCUT2D eigenvalue weighted by molar-refractivity contribution is -0.150. The second-order valence-corrected chi connectivity index (χ2v) is 8.85. The Morgan fingerprint density at radius 1 is 0.727 bits per heavy atom. The van der Waals surface area contributed by atoms with Crippen LogP contribution in [0.5, 0.6) is 0 Å². The van der Waals surface area contributed by atoms with E-state index in [-0.39, 0.29) is 37.6 Å². The van der Waals surface area contributed by atoms with Crippen molar-refractivity contribution in [2.45, 2.75) is 26.4 Å². The Morgan fingerprint density at radius 3 is 1.34 bits per heavy atom. The Bertz CT molecular complexity index is 1210. The summed E-state index contributed by atoms with van der Waals surface area (Å²) >= 11 is 0. The number of ether oxygens (including phenoxy) is 2. The van der Waals surface area contributed by atoms with E-state index in [4.69, 9.17) is 35.7 Å². The third-order valence-electron chi connectivity index (χ3n) is 5.49. The second kappa shape index (κ2) is 20.2. The smallest absolute Gasteiger partial charge is 0.346 e. The molecule has 15 heteroatoms. The van der Waals surface area contributed by atoms with Gasteiger partial charge < -0.3 is 45.2 Å².